The zero-order chi connectivity index (χ0) is 18.1. The van der Waals surface area contributed by atoms with Crippen molar-refractivity contribution in [3.8, 4) is 0 Å². The van der Waals surface area contributed by atoms with Crippen LogP contribution in [0.4, 0.5) is 11.4 Å². The highest BCUT2D eigenvalue weighted by Crippen LogP contribution is 2.26. The second-order valence-electron chi connectivity index (χ2n) is 8.45. The summed E-state index contributed by atoms with van der Waals surface area (Å²) in [6.07, 6.45) is 10.7. The highest BCUT2D eigenvalue weighted by atomic mass is 15.3. The lowest BCUT2D eigenvalue weighted by atomic mass is 10.1. The molecule has 0 fully saturated rings. The first-order valence-electron chi connectivity index (χ1n) is 10.1. The van der Waals surface area contributed by atoms with Gasteiger partial charge >= 0.3 is 0 Å². The Morgan fingerprint density at radius 1 is 0.542 bits per heavy atom. The molecule has 0 aliphatic heterocycles. The molecule has 2 heteroatoms. The maximum atomic E-state index is 2.35. The normalized spacial score (nSPS) is 12.6. The summed E-state index contributed by atoms with van der Waals surface area (Å²) < 4.78 is 1.99. The zero-order valence-electron chi connectivity index (χ0n) is 17.3. The van der Waals surface area contributed by atoms with Crippen molar-refractivity contribution in [2.45, 2.75) is 65.2 Å². The number of unbranched alkanes of at least 4 members (excludes halogenated alkanes) is 6. The number of nitrogens with zero attached hydrogens (tertiary/aromatic N) is 2. The molecule has 0 aliphatic rings. The molecule has 0 aromatic heterocycles. The molecule has 0 saturated carbocycles. The fourth-order valence-corrected chi connectivity index (χ4v) is 3.39. The molecule has 0 radical (unpaired) electrons. The number of quaternary nitrogens is 2. The Bertz CT molecular complexity index is 403. The zero-order valence-corrected chi connectivity index (χ0v) is 17.3. The van der Waals surface area contributed by atoms with E-state index in [9.17, 15) is 0 Å². The molecule has 0 spiro atoms. The number of hydrogen-bond donors (Lipinski definition) is 0. The molecule has 0 heterocycles. The second kappa shape index (κ2) is 10.2. The Kier molecular flexibility index (Phi) is 9.01. The van der Waals surface area contributed by atoms with E-state index in [-0.39, 0.29) is 0 Å². The molecule has 1 aromatic carbocycles. The van der Waals surface area contributed by atoms with Crippen molar-refractivity contribution in [2.75, 3.05) is 41.3 Å². The van der Waals surface area contributed by atoms with Gasteiger partial charge in [-0.25, -0.2) is 0 Å². The Hall–Kier alpha value is -0.860. The Balaban J connectivity index is 2.63. The van der Waals surface area contributed by atoms with Gasteiger partial charge in [0.05, 0.1) is 41.3 Å². The van der Waals surface area contributed by atoms with Crippen molar-refractivity contribution in [3.63, 3.8) is 0 Å². The largest absolute Gasteiger partial charge is 0.296 e. The summed E-state index contributed by atoms with van der Waals surface area (Å²) in [4.78, 5) is 0. The average Bonchev–Trinajstić information content (AvgIpc) is 2.56. The lowest BCUT2D eigenvalue weighted by molar-refractivity contribution is 0.376. The van der Waals surface area contributed by atoms with E-state index in [4.69, 9.17) is 0 Å². The van der Waals surface area contributed by atoms with Crippen LogP contribution >= 0.6 is 0 Å². The van der Waals surface area contributed by atoms with E-state index in [2.05, 4.69) is 66.3 Å². The molecule has 24 heavy (non-hydrogen) atoms. The van der Waals surface area contributed by atoms with E-state index < -0.39 is 0 Å². The van der Waals surface area contributed by atoms with Gasteiger partial charge in [0.1, 0.15) is 11.4 Å². The van der Waals surface area contributed by atoms with Gasteiger partial charge in [0, 0.05) is 24.3 Å². The first kappa shape index (κ1) is 21.2. The molecule has 0 atom stereocenters. The van der Waals surface area contributed by atoms with Crippen LogP contribution in [-0.4, -0.2) is 41.3 Å². The highest BCUT2D eigenvalue weighted by Gasteiger charge is 2.22. The lowest BCUT2D eigenvalue weighted by Gasteiger charge is -2.32. The molecule has 0 N–H and O–H groups in total. The van der Waals surface area contributed by atoms with Crippen LogP contribution in [0.1, 0.15) is 65.2 Å². The van der Waals surface area contributed by atoms with Crippen molar-refractivity contribution >= 4 is 11.4 Å². The Morgan fingerprint density at radius 2 is 0.875 bits per heavy atom. The van der Waals surface area contributed by atoms with E-state index in [1.807, 2.05) is 0 Å². The number of hydrogen-bond acceptors (Lipinski definition) is 0. The maximum Gasteiger partial charge on any atom is 0.132 e. The lowest BCUT2D eigenvalue weighted by Crippen LogP contribution is -2.42. The third-order valence-electron chi connectivity index (χ3n) is 5.39. The predicted octanol–water partition coefficient (Wildman–Crippen LogP) is 5.98. The van der Waals surface area contributed by atoms with E-state index in [1.54, 1.807) is 0 Å². The predicted molar refractivity (Wildman–Crippen MR) is 112 cm³/mol. The van der Waals surface area contributed by atoms with Crippen molar-refractivity contribution < 1.29 is 0 Å². The number of benzene rings is 1. The number of rotatable bonds is 12. The second-order valence-corrected chi connectivity index (χ2v) is 8.45. The van der Waals surface area contributed by atoms with Gasteiger partial charge in [-0.1, -0.05) is 39.5 Å². The highest BCUT2D eigenvalue weighted by molar-refractivity contribution is 5.52. The van der Waals surface area contributed by atoms with Crippen molar-refractivity contribution in [1.82, 2.24) is 8.97 Å². The first-order chi connectivity index (χ1) is 11.3. The maximum absolute atomic E-state index is 2.35. The SMILES string of the molecule is CCCCCC[N+](C)(C)c1ccc([N+](C)(C)CCCCCC)cc1. The summed E-state index contributed by atoms with van der Waals surface area (Å²) in [6.45, 7) is 7.02. The van der Waals surface area contributed by atoms with Gasteiger partial charge in [-0.15, -0.1) is 0 Å². The topological polar surface area (TPSA) is 0 Å². The minimum absolute atomic E-state index is 0.994. The average molecular weight is 335 g/mol. The van der Waals surface area contributed by atoms with Crippen LogP contribution in [0.25, 0.3) is 0 Å². The van der Waals surface area contributed by atoms with Gasteiger partial charge in [-0.05, 0) is 25.7 Å². The van der Waals surface area contributed by atoms with E-state index in [1.165, 1.54) is 75.8 Å². The summed E-state index contributed by atoms with van der Waals surface area (Å²) >= 11 is 0. The molecule has 0 aliphatic carbocycles. The molecule has 1 aromatic rings. The van der Waals surface area contributed by atoms with Crippen molar-refractivity contribution in [2.24, 2.45) is 0 Å². The molecule has 0 amide bonds. The summed E-state index contributed by atoms with van der Waals surface area (Å²) in [5.74, 6) is 0. The molecule has 0 bridgehead atoms. The Labute approximate surface area is 151 Å². The molecule has 2 nitrogen and oxygen atoms in total. The van der Waals surface area contributed by atoms with Crippen molar-refractivity contribution in [3.05, 3.63) is 24.3 Å². The van der Waals surface area contributed by atoms with Crippen LogP contribution in [0.2, 0.25) is 0 Å². The summed E-state index contributed by atoms with van der Waals surface area (Å²) in [6, 6.07) is 9.39. The van der Waals surface area contributed by atoms with Gasteiger partial charge in [0.15, 0.2) is 0 Å². The fourth-order valence-electron chi connectivity index (χ4n) is 3.39. The minimum Gasteiger partial charge on any atom is -0.296 e. The monoisotopic (exact) mass is 334 g/mol. The van der Waals surface area contributed by atoms with Crippen LogP contribution < -0.4 is 8.97 Å². The van der Waals surface area contributed by atoms with Gasteiger partial charge < -0.3 is 0 Å². The van der Waals surface area contributed by atoms with Crippen molar-refractivity contribution in [1.29, 1.82) is 0 Å². The third-order valence-corrected chi connectivity index (χ3v) is 5.39. The van der Waals surface area contributed by atoms with E-state index in [0.717, 1.165) is 8.97 Å². The van der Waals surface area contributed by atoms with E-state index >= 15 is 0 Å². The summed E-state index contributed by atoms with van der Waals surface area (Å²) in [7, 11) is 9.36. The minimum atomic E-state index is 0.994. The molecular weight excluding hydrogens is 292 g/mol. The van der Waals surface area contributed by atoms with E-state index in [0.29, 0.717) is 0 Å². The molecule has 0 unspecified atom stereocenters. The van der Waals surface area contributed by atoms with Crippen LogP contribution in [0.15, 0.2) is 24.3 Å². The summed E-state index contributed by atoms with van der Waals surface area (Å²) in [5.41, 5.74) is 2.86. The van der Waals surface area contributed by atoms with Crippen LogP contribution in [0.3, 0.4) is 0 Å². The van der Waals surface area contributed by atoms with Crippen LogP contribution in [0, 0.1) is 0 Å². The first-order valence-corrected chi connectivity index (χ1v) is 10.1. The fraction of sp³-hybridized carbons (Fsp3) is 0.727. The molecule has 138 valence electrons. The van der Waals surface area contributed by atoms with Gasteiger partial charge in [-0.2, -0.15) is 0 Å². The standard InChI is InChI=1S/C22H42N2/c1-7-9-11-13-19-23(3,4)21-15-17-22(18-16-21)24(5,6)20-14-12-10-8-2/h15-18H,7-14,19-20H2,1-6H3/q+2. The summed E-state index contributed by atoms with van der Waals surface area (Å²) in [5, 5.41) is 0. The quantitative estimate of drug-likeness (QED) is 0.326. The van der Waals surface area contributed by atoms with Crippen LogP contribution in [0.5, 0.6) is 0 Å². The molecule has 0 saturated heterocycles. The molecular formula is C22H42N2+2. The Morgan fingerprint density at radius 3 is 1.17 bits per heavy atom. The third kappa shape index (κ3) is 6.94. The van der Waals surface area contributed by atoms with Gasteiger partial charge in [0.2, 0.25) is 0 Å². The van der Waals surface area contributed by atoms with Gasteiger partial charge in [0.25, 0.3) is 0 Å². The van der Waals surface area contributed by atoms with Crippen LogP contribution in [-0.2, 0) is 0 Å². The molecule has 1 rings (SSSR count). The van der Waals surface area contributed by atoms with Gasteiger partial charge in [-0.3, -0.25) is 8.97 Å². The smallest absolute Gasteiger partial charge is 0.132 e.